The molecule has 1 N–H and O–H groups in total. The summed E-state index contributed by atoms with van der Waals surface area (Å²) in [5.74, 6) is 6.22. The standard InChI is InChI=1S/C13H14ClNS/c1-13(2,3)7-6-10-4-5-11(15-9-16)8-12(10)14/h4-5,8-9H,1-3H3,(H,15,16). The molecule has 1 aromatic rings. The van der Waals surface area contributed by atoms with Crippen LogP contribution < -0.4 is 5.32 Å². The van der Waals surface area contributed by atoms with Crippen LogP contribution in [0.15, 0.2) is 18.2 Å². The molecule has 0 saturated heterocycles. The van der Waals surface area contributed by atoms with E-state index >= 15 is 0 Å². The van der Waals surface area contributed by atoms with Gasteiger partial charge in [0, 0.05) is 16.7 Å². The SMILES string of the molecule is CC(C)(C)C#Cc1ccc(NC=S)cc1Cl. The second-order valence-electron chi connectivity index (χ2n) is 4.46. The van der Waals surface area contributed by atoms with Crippen molar-refractivity contribution in [1.29, 1.82) is 0 Å². The van der Waals surface area contributed by atoms with Gasteiger partial charge in [-0.3, -0.25) is 0 Å². The van der Waals surface area contributed by atoms with Gasteiger partial charge >= 0.3 is 0 Å². The molecular weight excluding hydrogens is 238 g/mol. The quantitative estimate of drug-likeness (QED) is 0.627. The number of hydrogen-bond donors (Lipinski definition) is 1. The highest BCUT2D eigenvalue weighted by Crippen LogP contribution is 2.20. The van der Waals surface area contributed by atoms with Crippen molar-refractivity contribution < 1.29 is 0 Å². The fourth-order valence-electron chi connectivity index (χ4n) is 1.03. The van der Waals surface area contributed by atoms with Crippen molar-refractivity contribution in [3.63, 3.8) is 0 Å². The predicted molar refractivity (Wildman–Crippen MR) is 75.1 cm³/mol. The number of benzene rings is 1. The molecule has 84 valence electrons. The molecule has 0 fully saturated rings. The lowest BCUT2D eigenvalue weighted by Crippen LogP contribution is -1.99. The van der Waals surface area contributed by atoms with Gasteiger partial charge in [-0.15, -0.1) is 0 Å². The van der Waals surface area contributed by atoms with E-state index in [2.05, 4.69) is 37.9 Å². The molecule has 1 rings (SSSR count). The molecule has 0 aliphatic heterocycles. The Kier molecular flexibility index (Phi) is 4.35. The maximum atomic E-state index is 6.10. The van der Waals surface area contributed by atoms with Gasteiger partial charge in [-0.2, -0.15) is 0 Å². The summed E-state index contributed by atoms with van der Waals surface area (Å²) < 4.78 is 0. The van der Waals surface area contributed by atoms with Crippen LogP contribution in [0.1, 0.15) is 26.3 Å². The molecular formula is C13H14ClNS. The van der Waals surface area contributed by atoms with E-state index in [4.69, 9.17) is 23.8 Å². The molecule has 0 saturated carbocycles. The van der Waals surface area contributed by atoms with Gasteiger partial charge in [0.05, 0.1) is 10.5 Å². The van der Waals surface area contributed by atoms with Crippen molar-refractivity contribution in [2.75, 3.05) is 5.32 Å². The van der Waals surface area contributed by atoms with Gasteiger partial charge < -0.3 is 5.32 Å². The van der Waals surface area contributed by atoms with Crippen LogP contribution in [0.4, 0.5) is 5.69 Å². The van der Waals surface area contributed by atoms with Gasteiger partial charge in [0.25, 0.3) is 0 Å². The lowest BCUT2D eigenvalue weighted by atomic mass is 9.97. The molecule has 0 spiro atoms. The first kappa shape index (κ1) is 13.0. The summed E-state index contributed by atoms with van der Waals surface area (Å²) in [5.41, 5.74) is 3.15. The van der Waals surface area contributed by atoms with Crippen LogP contribution in [0.5, 0.6) is 0 Å². The second-order valence-corrected chi connectivity index (χ2v) is 5.10. The fraction of sp³-hybridized carbons (Fsp3) is 0.308. The number of halogens is 1. The highest BCUT2D eigenvalue weighted by Gasteiger charge is 2.04. The molecule has 0 aromatic heterocycles. The third-order valence-corrected chi connectivity index (χ3v) is 2.20. The lowest BCUT2D eigenvalue weighted by Gasteiger charge is -2.07. The fourth-order valence-corrected chi connectivity index (χ4v) is 1.39. The highest BCUT2D eigenvalue weighted by atomic mass is 35.5. The normalized spacial score (nSPS) is 10.2. The van der Waals surface area contributed by atoms with Crippen LogP contribution in [0.25, 0.3) is 0 Å². The number of thiocarbonyl (C=S) groups is 1. The van der Waals surface area contributed by atoms with E-state index in [0.717, 1.165) is 11.3 Å². The molecule has 0 radical (unpaired) electrons. The first-order valence-electron chi connectivity index (χ1n) is 4.95. The Morgan fingerprint density at radius 3 is 2.56 bits per heavy atom. The minimum atomic E-state index is -0.0192. The van der Waals surface area contributed by atoms with Gasteiger partial charge in [-0.1, -0.05) is 35.7 Å². The summed E-state index contributed by atoms with van der Waals surface area (Å²) in [7, 11) is 0. The van der Waals surface area contributed by atoms with E-state index in [0.29, 0.717) is 5.02 Å². The number of anilines is 1. The lowest BCUT2D eigenvalue weighted by molar-refractivity contribution is 0.571. The van der Waals surface area contributed by atoms with Crippen LogP contribution in [0.3, 0.4) is 0 Å². The third-order valence-electron chi connectivity index (χ3n) is 1.77. The smallest absolute Gasteiger partial charge is 0.0658 e. The average Bonchev–Trinajstić information content (AvgIpc) is 2.15. The minimum Gasteiger partial charge on any atom is -0.353 e. The summed E-state index contributed by atoms with van der Waals surface area (Å²) in [6.45, 7) is 6.20. The zero-order chi connectivity index (χ0) is 12.2. The highest BCUT2D eigenvalue weighted by molar-refractivity contribution is 7.79. The van der Waals surface area contributed by atoms with E-state index in [1.807, 2.05) is 18.2 Å². The molecule has 0 unspecified atom stereocenters. The van der Waals surface area contributed by atoms with Gasteiger partial charge in [0.15, 0.2) is 0 Å². The van der Waals surface area contributed by atoms with Gasteiger partial charge in [0.2, 0.25) is 0 Å². The van der Waals surface area contributed by atoms with E-state index in [1.165, 1.54) is 5.49 Å². The molecule has 0 aliphatic carbocycles. The van der Waals surface area contributed by atoms with Crippen LogP contribution in [-0.2, 0) is 0 Å². The number of rotatable bonds is 2. The van der Waals surface area contributed by atoms with E-state index in [1.54, 1.807) is 0 Å². The topological polar surface area (TPSA) is 12.0 Å². The maximum Gasteiger partial charge on any atom is 0.0658 e. The van der Waals surface area contributed by atoms with Crippen molar-refractivity contribution in [2.45, 2.75) is 20.8 Å². The van der Waals surface area contributed by atoms with Crippen molar-refractivity contribution >= 4 is 35.0 Å². The van der Waals surface area contributed by atoms with Gasteiger partial charge in [0.1, 0.15) is 0 Å². The zero-order valence-electron chi connectivity index (χ0n) is 9.60. The van der Waals surface area contributed by atoms with Crippen LogP contribution in [-0.4, -0.2) is 5.49 Å². The van der Waals surface area contributed by atoms with Crippen LogP contribution >= 0.6 is 23.8 Å². The number of hydrogen-bond acceptors (Lipinski definition) is 1. The first-order valence-corrected chi connectivity index (χ1v) is 5.80. The monoisotopic (exact) mass is 251 g/mol. The summed E-state index contributed by atoms with van der Waals surface area (Å²) in [6, 6.07) is 5.61. The maximum absolute atomic E-state index is 6.10. The van der Waals surface area contributed by atoms with Crippen molar-refractivity contribution in [1.82, 2.24) is 0 Å². The molecule has 16 heavy (non-hydrogen) atoms. The molecule has 1 nitrogen and oxygen atoms in total. The van der Waals surface area contributed by atoms with Crippen molar-refractivity contribution in [3.8, 4) is 11.8 Å². The second kappa shape index (κ2) is 5.34. The summed E-state index contributed by atoms with van der Waals surface area (Å²) in [4.78, 5) is 0. The molecule has 0 heterocycles. The molecule has 0 atom stereocenters. The van der Waals surface area contributed by atoms with E-state index in [9.17, 15) is 0 Å². The van der Waals surface area contributed by atoms with Crippen LogP contribution in [0.2, 0.25) is 5.02 Å². The Hall–Kier alpha value is -1.04. The average molecular weight is 252 g/mol. The Morgan fingerprint density at radius 1 is 1.38 bits per heavy atom. The Morgan fingerprint density at radius 2 is 2.06 bits per heavy atom. The summed E-state index contributed by atoms with van der Waals surface area (Å²) in [5, 5.41) is 3.54. The zero-order valence-corrected chi connectivity index (χ0v) is 11.2. The third kappa shape index (κ3) is 4.22. The van der Waals surface area contributed by atoms with E-state index in [-0.39, 0.29) is 5.41 Å². The Bertz CT molecular complexity index is 449. The van der Waals surface area contributed by atoms with Crippen molar-refractivity contribution in [2.24, 2.45) is 5.41 Å². The molecule has 1 aromatic carbocycles. The van der Waals surface area contributed by atoms with Crippen LogP contribution in [0, 0.1) is 17.3 Å². The molecule has 0 aliphatic rings. The summed E-state index contributed by atoms with van der Waals surface area (Å²) in [6.07, 6.45) is 0. The number of nitrogens with one attached hydrogen (secondary N) is 1. The predicted octanol–water partition coefficient (Wildman–Crippen LogP) is 4.11. The largest absolute Gasteiger partial charge is 0.353 e. The minimum absolute atomic E-state index is 0.0192. The summed E-state index contributed by atoms with van der Waals surface area (Å²) >= 11 is 10.8. The van der Waals surface area contributed by atoms with Gasteiger partial charge in [-0.05, 0) is 39.0 Å². The molecule has 0 amide bonds. The molecule has 3 heteroatoms. The van der Waals surface area contributed by atoms with E-state index < -0.39 is 0 Å². The Balaban J connectivity index is 2.98. The van der Waals surface area contributed by atoms with Gasteiger partial charge in [-0.25, -0.2) is 0 Å². The van der Waals surface area contributed by atoms with Crippen molar-refractivity contribution in [3.05, 3.63) is 28.8 Å². The first-order chi connectivity index (χ1) is 7.42. The Labute approximate surface area is 107 Å². The molecule has 0 bridgehead atoms.